The summed E-state index contributed by atoms with van der Waals surface area (Å²) in [5.74, 6) is -0.957. The fourth-order valence-electron chi connectivity index (χ4n) is 2.06. The van der Waals surface area contributed by atoms with Crippen LogP contribution in [0.5, 0.6) is 0 Å². The Labute approximate surface area is 122 Å². The Morgan fingerprint density at radius 3 is 2.20 bits per heavy atom. The molecule has 0 aliphatic rings. The molecule has 0 heterocycles. The van der Waals surface area contributed by atoms with Crippen LogP contribution in [0.4, 0.5) is 0 Å². The molecule has 2 N–H and O–H groups in total. The zero-order valence-corrected chi connectivity index (χ0v) is 13.1. The van der Waals surface area contributed by atoms with Crippen LogP contribution in [-0.2, 0) is 9.59 Å². The van der Waals surface area contributed by atoms with Gasteiger partial charge >= 0.3 is 5.97 Å². The highest BCUT2D eigenvalue weighted by Crippen LogP contribution is 2.13. The highest BCUT2D eigenvalue weighted by Gasteiger charge is 2.23. The number of nitrogens with one attached hydrogen (secondary N) is 1. The van der Waals surface area contributed by atoms with Gasteiger partial charge in [0, 0.05) is 12.3 Å². The molecule has 4 heteroatoms. The van der Waals surface area contributed by atoms with Crippen LogP contribution in [0.25, 0.3) is 0 Å². The van der Waals surface area contributed by atoms with Crippen molar-refractivity contribution >= 4 is 11.9 Å². The molecule has 0 fully saturated rings. The van der Waals surface area contributed by atoms with Crippen molar-refractivity contribution in [3.05, 3.63) is 23.8 Å². The summed E-state index contributed by atoms with van der Waals surface area (Å²) in [7, 11) is 0. The maximum absolute atomic E-state index is 12.0. The Bertz CT molecular complexity index is 383. The van der Waals surface area contributed by atoms with Crippen molar-refractivity contribution in [2.45, 2.75) is 53.5 Å². The second-order valence-electron chi connectivity index (χ2n) is 5.50. The molecule has 0 bridgehead atoms. The third-order valence-corrected chi connectivity index (χ3v) is 3.08. The lowest BCUT2D eigenvalue weighted by Gasteiger charge is -2.19. The van der Waals surface area contributed by atoms with Crippen LogP contribution in [0.3, 0.4) is 0 Å². The Morgan fingerprint density at radius 1 is 1.20 bits per heavy atom. The molecular weight excluding hydrogens is 254 g/mol. The van der Waals surface area contributed by atoms with Crippen LogP contribution in [-0.4, -0.2) is 23.0 Å². The van der Waals surface area contributed by atoms with Crippen molar-refractivity contribution in [1.82, 2.24) is 5.32 Å². The molecule has 0 spiro atoms. The minimum atomic E-state index is -1.00. The predicted molar refractivity (Wildman–Crippen MR) is 81.4 cm³/mol. The molecule has 0 aromatic carbocycles. The van der Waals surface area contributed by atoms with Crippen molar-refractivity contribution in [3.8, 4) is 0 Å². The minimum absolute atomic E-state index is 0.173. The molecule has 0 aromatic heterocycles. The van der Waals surface area contributed by atoms with Gasteiger partial charge in [0.05, 0.1) is 0 Å². The van der Waals surface area contributed by atoms with Crippen molar-refractivity contribution < 1.29 is 14.7 Å². The van der Waals surface area contributed by atoms with E-state index in [1.54, 1.807) is 0 Å². The van der Waals surface area contributed by atoms with Crippen LogP contribution in [0.1, 0.15) is 47.5 Å². The highest BCUT2D eigenvalue weighted by molar-refractivity contribution is 5.85. The fourth-order valence-corrected chi connectivity index (χ4v) is 2.06. The third-order valence-electron chi connectivity index (χ3n) is 3.08. The smallest absolute Gasteiger partial charge is 0.326 e. The highest BCUT2D eigenvalue weighted by atomic mass is 16.4. The van der Waals surface area contributed by atoms with Crippen molar-refractivity contribution in [2.75, 3.05) is 0 Å². The average molecular weight is 281 g/mol. The van der Waals surface area contributed by atoms with Gasteiger partial charge in [0.1, 0.15) is 6.04 Å². The minimum Gasteiger partial charge on any atom is -0.480 e. The molecule has 0 radical (unpaired) electrons. The number of carboxylic acid groups (broad SMARTS) is 1. The van der Waals surface area contributed by atoms with Crippen molar-refractivity contribution in [3.63, 3.8) is 0 Å². The lowest BCUT2D eigenvalue weighted by molar-refractivity contribution is -0.142. The lowest BCUT2D eigenvalue weighted by atomic mass is 9.97. The van der Waals surface area contributed by atoms with E-state index in [4.69, 9.17) is 0 Å². The zero-order chi connectivity index (χ0) is 15.7. The molecule has 2 atom stereocenters. The average Bonchev–Trinajstić information content (AvgIpc) is 2.35. The second kappa shape index (κ2) is 9.34. The summed E-state index contributed by atoms with van der Waals surface area (Å²) in [6, 6.07) is -0.875. The number of rotatable bonds is 8. The number of carboxylic acids is 1. The molecule has 0 unspecified atom stereocenters. The molecule has 0 aromatic rings. The van der Waals surface area contributed by atoms with Crippen LogP contribution in [0.15, 0.2) is 23.8 Å². The van der Waals surface area contributed by atoms with Crippen LogP contribution >= 0.6 is 0 Å². The van der Waals surface area contributed by atoms with Gasteiger partial charge in [-0.2, -0.15) is 0 Å². The number of hydrogen-bond donors (Lipinski definition) is 2. The number of hydrogen-bond acceptors (Lipinski definition) is 2. The summed E-state index contributed by atoms with van der Waals surface area (Å²) < 4.78 is 0. The van der Waals surface area contributed by atoms with E-state index in [0.717, 1.165) is 12.0 Å². The number of aliphatic carboxylic acids is 1. The number of carbonyl (C=O) groups is 2. The number of carbonyl (C=O) groups excluding carboxylic acids is 1. The van der Waals surface area contributed by atoms with Gasteiger partial charge in [-0.05, 0) is 31.8 Å². The Balaban J connectivity index is 4.71. The predicted octanol–water partition coefficient (Wildman–Crippen LogP) is 3.15. The van der Waals surface area contributed by atoms with Crippen molar-refractivity contribution in [1.29, 1.82) is 0 Å². The number of allylic oxidation sites excluding steroid dienone is 3. The summed E-state index contributed by atoms with van der Waals surface area (Å²) in [5, 5.41) is 11.9. The van der Waals surface area contributed by atoms with Gasteiger partial charge in [-0.1, -0.05) is 39.0 Å². The van der Waals surface area contributed by atoms with E-state index in [1.807, 2.05) is 52.8 Å². The molecule has 0 rings (SSSR count). The van der Waals surface area contributed by atoms with Gasteiger partial charge in [-0.25, -0.2) is 4.79 Å². The lowest BCUT2D eigenvalue weighted by Crippen LogP contribution is -2.43. The standard InChI is InChI=1S/C16H27NO3/c1-6-8-13(7-2)10-14(16(19)20)17-15(18)12(5)9-11(3)4/h6-8,11-12,14H,9-10H2,1-5H3,(H,17,18)(H,19,20)/b8-6-,13-7+/t12-,14-/m0/s1. The van der Waals surface area contributed by atoms with Gasteiger partial charge in [-0.15, -0.1) is 0 Å². The second-order valence-corrected chi connectivity index (χ2v) is 5.50. The molecule has 0 aliphatic heterocycles. The van der Waals surface area contributed by atoms with E-state index in [2.05, 4.69) is 5.32 Å². The first kappa shape index (κ1) is 18.4. The summed E-state index contributed by atoms with van der Waals surface area (Å²) in [6.45, 7) is 9.65. The molecule has 114 valence electrons. The molecule has 4 nitrogen and oxygen atoms in total. The molecular formula is C16H27NO3. The molecule has 1 amide bonds. The summed E-state index contributed by atoms with van der Waals surface area (Å²) in [6.07, 6.45) is 6.64. The van der Waals surface area contributed by atoms with Gasteiger partial charge in [0.15, 0.2) is 0 Å². The molecule has 20 heavy (non-hydrogen) atoms. The van der Waals surface area contributed by atoms with Gasteiger partial charge in [0.2, 0.25) is 5.91 Å². The maximum Gasteiger partial charge on any atom is 0.326 e. The topological polar surface area (TPSA) is 66.4 Å². The summed E-state index contributed by atoms with van der Waals surface area (Å²) in [4.78, 5) is 23.3. The quantitative estimate of drug-likeness (QED) is 0.672. The van der Waals surface area contributed by atoms with Crippen molar-refractivity contribution in [2.24, 2.45) is 11.8 Å². The number of amides is 1. The van der Waals surface area contributed by atoms with E-state index in [0.29, 0.717) is 12.3 Å². The Hall–Kier alpha value is -1.58. The Kier molecular flexibility index (Phi) is 8.61. The maximum atomic E-state index is 12.0. The third kappa shape index (κ3) is 7.12. The first-order valence-electron chi connectivity index (χ1n) is 7.12. The molecule has 0 saturated carbocycles. The fraction of sp³-hybridized carbons (Fsp3) is 0.625. The summed E-state index contributed by atoms with van der Waals surface area (Å²) >= 11 is 0. The van der Waals surface area contributed by atoms with E-state index >= 15 is 0 Å². The van der Waals surface area contributed by atoms with Gasteiger partial charge in [-0.3, -0.25) is 4.79 Å². The van der Waals surface area contributed by atoms with Gasteiger partial charge < -0.3 is 10.4 Å². The van der Waals surface area contributed by atoms with E-state index < -0.39 is 12.0 Å². The zero-order valence-electron chi connectivity index (χ0n) is 13.1. The van der Waals surface area contributed by atoms with Gasteiger partial charge in [0.25, 0.3) is 0 Å². The summed E-state index contributed by atoms with van der Waals surface area (Å²) in [5.41, 5.74) is 0.900. The largest absolute Gasteiger partial charge is 0.480 e. The van der Waals surface area contributed by atoms with E-state index in [-0.39, 0.29) is 11.8 Å². The molecule has 0 aliphatic carbocycles. The normalized spacial score (nSPS) is 15.4. The monoisotopic (exact) mass is 281 g/mol. The Morgan fingerprint density at radius 2 is 1.80 bits per heavy atom. The van der Waals surface area contributed by atoms with Crippen LogP contribution < -0.4 is 5.32 Å². The SMILES string of the molecule is C/C=C\C(=C/C)C[C@H](NC(=O)[C@@H](C)CC(C)C)C(=O)O. The van der Waals surface area contributed by atoms with E-state index in [1.165, 1.54) is 0 Å². The first-order valence-corrected chi connectivity index (χ1v) is 7.12. The first-order chi connectivity index (χ1) is 9.31. The van der Waals surface area contributed by atoms with Crippen LogP contribution in [0, 0.1) is 11.8 Å². The molecule has 0 saturated heterocycles. The van der Waals surface area contributed by atoms with E-state index in [9.17, 15) is 14.7 Å². The van der Waals surface area contributed by atoms with Crippen LogP contribution in [0.2, 0.25) is 0 Å².